The molecule has 1 N–H and O–H groups in total. The summed E-state index contributed by atoms with van der Waals surface area (Å²) in [5.74, 6) is -1.10. The third-order valence-corrected chi connectivity index (χ3v) is 7.44. The van der Waals surface area contributed by atoms with Crippen molar-refractivity contribution in [3.8, 4) is 0 Å². The Hall–Kier alpha value is -2.23. The van der Waals surface area contributed by atoms with Gasteiger partial charge in [-0.1, -0.05) is 31.2 Å². The molecule has 0 radical (unpaired) electrons. The molecule has 1 saturated carbocycles. The van der Waals surface area contributed by atoms with Crippen molar-refractivity contribution in [1.29, 1.82) is 0 Å². The van der Waals surface area contributed by atoms with Crippen LogP contribution in [0, 0.1) is 11.7 Å². The number of aliphatic carboxylic acids is 1. The van der Waals surface area contributed by atoms with E-state index in [1.54, 1.807) is 23.1 Å². The fourth-order valence-corrected chi connectivity index (χ4v) is 4.81. The number of likely N-dealkylation sites (tertiary alicyclic amines) is 1. The number of carbonyl (C=O) groups is 3. The molecule has 0 aromatic heterocycles. The van der Waals surface area contributed by atoms with E-state index in [0.29, 0.717) is 51.4 Å². The Morgan fingerprint density at radius 2 is 1.97 bits per heavy atom. The molecule has 1 aliphatic heterocycles. The number of likely N-dealkylation sites (N-methyl/N-ethyl adjacent to an activating group) is 1. The molecule has 3 rings (SSSR count). The van der Waals surface area contributed by atoms with E-state index in [9.17, 15) is 18.8 Å². The minimum atomic E-state index is -0.837. The lowest BCUT2D eigenvalue weighted by molar-refractivity contribution is -0.137. The molecular weight excluding hydrogens is 469 g/mol. The quantitative estimate of drug-likeness (QED) is 0.230. The lowest BCUT2D eigenvalue weighted by atomic mass is 9.93. The van der Waals surface area contributed by atoms with Gasteiger partial charge < -0.3 is 14.9 Å². The number of rotatable bonds is 14. The van der Waals surface area contributed by atoms with Crippen molar-refractivity contribution < 1.29 is 23.9 Å². The number of hydrogen-bond acceptors (Lipinski definition) is 6. The Labute approximate surface area is 212 Å². The first-order valence-electron chi connectivity index (χ1n) is 12.4. The number of benzene rings is 1. The van der Waals surface area contributed by atoms with Crippen molar-refractivity contribution >= 4 is 30.8 Å². The van der Waals surface area contributed by atoms with Gasteiger partial charge >= 0.3 is 5.97 Å². The predicted molar refractivity (Wildman–Crippen MR) is 136 cm³/mol. The summed E-state index contributed by atoms with van der Waals surface area (Å²) >= 11 is 4.73. The highest BCUT2D eigenvalue weighted by Gasteiger charge is 2.40. The molecule has 2 aliphatic rings. The van der Waals surface area contributed by atoms with Gasteiger partial charge in [0, 0.05) is 56.0 Å². The normalized spacial score (nSPS) is 20.7. The van der Waals surface area contributed by atoms with Crippen LogP contribution in [0.4, 0.5) is 4.39 Å². The number of halogens is 1. The van der Waals surface area contributed by atoms with Crippen molar-refractivity contribution in [2.45, 2.75) is 43.9 Å². The van der Waals surface area contributed by atoms with Crippen molar-refractivity contribution in [3.05, 3.63) is 47.3 Å². The lowest BCUT2D eigenvalue weighted by Crippen LogP contribution is -2.43. The second-order valence-corrected chi connectivity index (χ2v) is 9.96. The largest absolute Gasteiger partial charge is 0.481 e. The minimum absolute atomic E-state index is 0.00829. The Morgan fingerprint density at radius 3 is 2.60 bits per heavy atom. The van der Waals surface area contributed by atoms with Crippen molar-refractivity contribution in [3.63, 3.8) is 0 Å². The second-order valence-electron chi connectivity index (χ2n) is 9.33. The van der Waals surface area contributed by atoms with E-state index in [1.807, 2.05) is 22.8 Å². The number of carboxylic acid groups (broad SMARTS) is 1. The fraction of sp³-hybridized carbons (Fsp3) is 0.577. The maximum absolute atomic E-state index is 14.7. The van der Waals surface area contributed by atoms with Crippen LogP contribution >= 0.6 is 12.6 Å². The molecule has 2 unspecified atom stereocenters. The molecule has 2 atom stereocenters. The van der Waals surface area contributed by atoms with Crippen LogP contribution in [0.2, 0.25) is 0 Å². The monoisotopic (exact) mass is 505 g/mol. The maximum atomic E-state index is 14.7. The van der Waals surface area contributed by atoms with Crippen LogP contribution in [0.3, 0.4) is 0 Å². The summed E-state index contributed by atoms with van der Waals surface area (Å²) in [7, 11) is 0. The van der Waals surface area contributed by atoms with E-state index in [4.69, 9.17) is 17.7 Å². The van der Waals surface area contributed by atoms with Crippen LogP contribution in [0.1, 0.15) is 44.2 Å². The van der Waals surface area contributed by atoms with Crippen molar-refractivity contribution in [2.24, 2.45) is 5.92 Å². The summed E-state index contributed by atoms with van der Waals surface area (Å²) in [5.41, 5.74) is 1.45. The van der Waals surface area contributed by atoms with Gasteiger partial charge in [0.15, 0.2) is 5.78 Å². The minimum Gasteiger partial charge on any atom is -0.481 e. The molecule has 1 amide bonds. The second kappa shape index (κ2) is 13.2. The van der Waals surface area contributed by atoms with Gasteiger partial charge in [-0.25, -0.2) is 4.39 Å². The maximum Gasteiger partial charge on any atom is 0.304 e. The van der Waals surface area contributed by atoms with Crippen LogP contribution in [-0.2, 0) is 14.4 Å². The van der Waals surface area contributed by atoms with E-state index in [-0.39, 0.29) is 29.2 Å². The zero-order valence-electron chi connectivity index (χ0n) is 20.3. The average Bonchev–Trinajstić information content (AvgIpc) is 3.69. The number of ketones is 1. The molecule has 9 heteroatoms. The molecule has 192 valence electrons. The standard InChI is InChI=1S/C26H36FN3O4S/c1-2-28(13-11-24(32)33)15-16-29(18-31)12-9-20-17-30(14-10-23(20)35)25(26(34)19-7-8-19)21-5-3-4-6-22(21)27/h3-6,9,18-19,23,25,35H,2,7-8,10-17H2,1H3,(H,32,33)/b20-9+. The fourth-order valence-electron chi connectivity index (χ4n) is 4.50. The van der Waals surface area contributed by atoms with Gasteiger partial charge in [0.1, 0.15) is 5.82 Å². The summed E-state index contributed by atoms with van der Waals surface area (Å²) in [5, 5.41) is 8.91. The number of carboxylic acids is 1. The van der Waals surface area contributed by atoms with Gasteiger partial charge in [0.25, 0.3) is 0 Å². The Bertz CT molecular complexity index is 924. The molecule has 1 aromatic rings. The van der Waals surface area contributed by atoms with E-state index in [1.165, 1.54) is 6.07 Å². The first-order valence-corrected chi connectivity index (χ1v) is 12.9. The molecule has 7 nitrogen and oxygen atoms in total. The molecule has 0 spiro atoms. The number of amides is 1. The smallest absolute Gasteiger partial charge is 0.304 e. The van der Waals surface area contributed by atoms with Crippen molar-refractivity contribution in [1.82, 2.24) is 14.7 Å². The van der Waals surface area contributed by atoms with Gasteiger partial charge in [0.2, 0.25) is 6.41 Å². The van der Waals surface area contributed by atoms with Crippen molar-refractivity contribution in [2.75, 3.05) is 45.8 Å². The molecular formula is C26H36FN3O4S. The zero-order chi connectivity index (χ0) is 25.4. The number of piperidine rings is 1. The summed E-state index contributed by atoms with van der Waals surface area (Å²) in [6.07, 6.45) is 5.33. The van der Waals surface area contributed by atoms with E-state index in [0.717, 1.165) is 31.2 Å². The van der Waals surface area contributed by atoms with E-state index >= 15 is 0 Å². The first-order chi connectivity index (χ1) is 16.8. The number of hydrogen-bond donors (Lipinski definition) is 2. The Kier molecular flexibility index (Phi) is 10.3. The van der Waals surface area contributed by atoms with Crippen LogP contribution in [-0.4, -0.2) is 89.0 Å². The molecule has 2 fully saturated rings. The zero-order valence-corrected chi connectivity index (χ0v) is 21.2. The molecule has 1 heterocycles. The summed E-state index contributed by atoms with van der Waals surface area (Å²) in [6.45, 7) is 5.74. The Balaban J connectivity index is 1.67. The summed E-state index contributed by atoms with van der Waals surface area (Å²) in [6, 6.07) is 5.91. The average molecular weight is 506 g/mol. The number of thiol groups is 1. The van der Waals surface area contributed by atoms with Crippen LogP contribution in [0.25, 0.3) is 0 Å². The van der Waals surface area contributed by atoms with Gasteiger partial charge in [-0.2, -0.15) is 12.6 Å². The molecule has 35 heavy (non-hydrogen) atoms. The summed E-state index contributed by atoms with van der Waals surface area (Å²) < 4.78 is 14.7. The summed E-state index contributed by atoms with van der Waals surface area (Å²) in [4.78, 5) is 41.4. The third kappa shape index (κ3) is 7.88. The number of nitrogens with zero attached hydrogens (tertiary/aromatic N) is 3. The molecule has 1 aliphatic carbocycles. The van der Waals surface area contributed by atoms with Crippen LogP contribution in [0.5, 0.6) is 0 Å². The van der Waals surface area contributed by atoms with E-state index in [2.05, 4.69) is 0 Å². The van der Waals surface area contributed by atoms with Gasteiger partial charge in [-0.3, -0.25) is 19.3 Å². The number of Topliss-reactive ketones (excluding diaryl/α,β-unsaturated/α-hetero) is 1. The predicted octanol–water partition coefficient (Wildman–Crippen LogP) is 3.03. The lowest BCUT2D eigenvalue weighted by Gasteiger charge is -2.38. The highest BCUT2D eigenvalue weighted by Crippen LogP contribution is 2.39. The molecule has 1 saturated heterocycles. The molecule has 0 bridgehead atoms. The SMILES string of the molecule is CCN(CCC(=O)O)CCN(C=O)C/C=C1\CN(C(C(=O)C2CC2)c2ccccc2F)CCC1S. The van der Waals surface area contributed by atoms with Crippen LogP contribution in [0.15, 0.2) is 35.9 Å². The number of carbonyl (C=O) groups excluding carboxylic acids is 2. The van der Waals surface area contributed by atoms with Gasteiger partial charge in [0.05, 0.1) is 12.5 Å². The first kappa shape index (κ1) is 27.4. The third-order valence-electron chi connectivity index (χ3n) is 6.85. The van der Waals surface area contributed by atoms with E-state index < -0.39 is 12.0 Å². The molecule has 1 aromatic carbocycles. The van der Waals surface area contributed by atoms with Gasteiger partial charge in [-0.15, -0.1) is 0 Å². The Morgan fingerprint density at radius 1 is 1.23 bits per heavy atom. The van der Waals surface area contributed by atoms with Crippen LogP contribution < -0.4 is 0 Å². The van der Waals surface area contributed by atoms with Gasteiger partial charge in [-0.05, 0) is 37.4 Å². The topological polar surface area (TPSA) is 81.2 Å². The highest BCUT2D eigenvalue weighted by atomic mass is 32.1. The highest BCUT2D eigenvalue weighted by molar-refractivity contribution is 7.81.